The zero-order chi connectivity index (χ0) is 16.1. The van der Waals surface area contributed by atoms with Crippen molar-refractivity contribution >= 4 is 11.9 Å². The van der Waals surface area contributed by atoms with Gasteiger partial charge in [0, 0.05) is 24.8 Å². The Balaban J connectivity index is 1.81. The summed E-state index contributed by atoms with van der Waals surface area (Å²) in [5.41, 5.74) is 0.910. The topological polar surface area (TPSA) is 75.3 Å². The molecule has 2 aromatic rings. The van der Waals surface area contributed by atoms with Crippen LogP contribution in [0.2, 0.25) is 0 Å². The summed E-state index contributed by atoms with van der Waals surface area (Å²) in [6, 6.07) is 10.6. The number of amides is 1. The van der Waals surface area contributed by atoms with Crippen molar-refractivity contribution in [2.45, 2.75) is 25.4 Å². The Labute approximate surface area is 134 Å². The molecule has 0 unspecified atom stereocenters. The zero-order valence-electron chi connectivity index (χ0n) is 12.8. The molecule has 2 heterocycles. The number of esters is 1. The number of ether oxygens (including phenoxy) is 1. The summed E-state index contributed by atoms with van der Waals surface area (Å²) in [6.07, 6.45) is 3.66. The minimum atomic E-state index is -0.926. The number of carbonyl (C=O) groups excluding carboxylic acids is 2. The molecule has 0 bridgehead atoms. The van der Waals surface area contributed by atoms with E-state index in [2.05, 4.69) is 10.2 Å². The molecule has 6 heteroatoms. The average Bonchev–Trinajstić information content (AvgIpc) is 3.15. The zero-order valence-corrected chi connectivity index (χ0v) is 12.8. The minimum Gasteiger partial charge on any atom is -0.443 e. The molecule has 3 rings (SSSR count). The highest BCUT2D eigenvalue weighted by Gasteiger charge is 2.30. The first-order valence-electron chi connectivity index (χ1n) is 7.80. The molecule has 1 aliphatic heterocycles. The lowest BCUT2D eigenvalue weighted by atomic mass is 10.1. The number of aromatic amines is 1. The van der Waals surface area contributed by atoms with Gasteiger partial charge in [-0.25, -0.2) is 4.79 Å². The molecule has 0 spiro atoms. The molecule has 1 aromatic carbocycles. The Morgan fingerprint density at radius 2 is 1.83 bits per heavy atom. The number of rotatable bonds is 4. The van der Waals surface area contributed by atoms with Gasteiger partial charge in [0.2, 0.25) is 6.10 Å². The lowest BCUT2D eigenvalue weighted by Gasteiger charge is -2.30. The van der Waals surface area contributed by atoms with E-state index in [-0.39, 0.29) is 11.6 Å². The number of benzene rings is 1. The van der Waals surface area contributed by atoms with Crippen LogP contribution in [-0.2, 0) is 9.53 Å². The van der Waals surface area contributed by atoms with E-state index in [1.165, 1.54) is 12.3 Å². The number of hydrogen-bond donors (Lipinski definition) is 1. The van der Waals surface area contributed by atoms with E-state index in [0.29, 0.717) is 18.7 Å². The maximum absolute atomic E-state index is 12.8. The van der Waals surface area contributed by atoms with Crippen LogP contribution >= 0.6 is 0 Å². The molecule has 0 saturated carbocycles. The van der Waals surface area contributed by atoms with Crippen molar-refractivity contribution in [2.75, 3.05) is 13.1 Å². The Bertz CT molecular complexity index is 649. The lowest BCUT2D eigenvalue weighted by Crippen LogP contribution is -2.40. The van der Waals surface area contributed by atoms with Gasteiger partial charge in [-0.2, -0.15) is 5.10 Å². The Morgan fingerprint density at radius 3 is 2.48 bits per heavy atom. The van der Waals surface area contributed by atoms with Crippen molar-refractivity contribution in [3.05, 3.63) is 53.9 Å². The number of hydrogen-bond acceptors (Lipinski definition) is 4. The number of aromatic nitrogens is 2. The smallest absolute Gasteiger partial charge is 0.357 e. The Kier molecular flexibility index (Phi) is 4.71. The molecule has 1 saturated heterocycles. The SMILES string of the molecule is O=C(O[C@@H](C(=O)N1CCCCC1)c1ccccc1)c1ccn[nH]1. The highest BCUT2D eigenvalue weighted by Crippen LogP contribution is 2.23. The molecule has 1 aromatic heterocycles. The fourth-order valence-electron chi connectivity index (χ4n) is 2.71. The summed E-state index contributed by atoms with van der Waals surface area (Å²) < 4.78 is 5.49. The van der Waals surface area contributed by atoms with Gasteiger partial charge in [0.25, 0.3) is 5.91 Å². The molecule has 1 N–H and O–H groups in total. The van der Waals surface area contributed by atoms with Crippen molar-refractivity contribution in [2.24, 2.45) is 0 Å². The second kappa shape index (κ2) is 7.09. The average molecular weight is 313 g/mol. The number of piperidine rings is 1. The summed E-state index contributed by atoms with van der Waals surface area (Å²) in [4.78, 5) is 26.8. The maximum Gasteiger partial charge on any atom is 0.357 e. The summed E-state index contributed by atoms with van der Waals surface area (Å²) in [5, 5.41) is 6.30. The van der Waals surface area contributed by atoms with E-state index in [1.807, 2.05) is 18.2 Å². The van der Waals surface area contributed by atoms with Gasteiger partial charge in [0.05, 0.1) is 0 Å². The predicted molar refractivity (Wildman–Crippen MR) is 83.6 cm³/mol. The fraction of sp³-hybridized carbons (Fsp3) is 0.353. The number of likely N-dealkylation sites (tertiary alicyclic amines) is 1. The van der Waals surface area contributed by atoms with Crippen LogP contribution in [0.5, 0.6) is 0 Å². The molecule has 0 aliphatic carbocycles. The number of carbonyl (C=O) groups is 2. The second-order valence-electron chi connectivity index (χ2n) is 5.55. The highest BCUT2D eigenvalue weighted by atomic mass is 16.5. The van der Waals surface area contributed by atoms with Crippen LogP contribution in [0.3, 0.4) is 0 Å². The molecule has 6 nitrogen and oxygen atoms in total. The van der Waals surface area contributed by atoms with Gasteiger partial charge in [-0.1, -0.05) is 30.3 Å². The van der Waals surface area contributed by atoms with E-state index < -0.39 is 12.1 Å². The van der Waals surface area contributed by atoms with Crippen LogP contribution in [-0.4, -0.2) is 40.1 Å². The van der Waals surface area contributed by atoms with Gasteiger partial charge >= 0.3 is 5.97 Å². The van der Waals surface area contributed by atoms with E-state index in [1.54, 1.807) is 17.0 Å². The van der Waals surface area contributed by atoms with E-state index in [0.717, 1.165) is 19.3 Å². The summed E-state index contributed by atoms with van der Waals surface area (Å²) in [7, 11) is 0. The van der Waals surface area contributed by atoms with Crippen molar-refractivity contribution in [3.8, 4) is 0 Å². The molecule has 23 heavy (non-hydrogen) atoms. The minimum absolute atomic E-state index is 0.163. The van der Waals surface area contributed by atoms with Gasteiger partial charge in [-0.05, 0) is 25.3 Å². The lowest BCUT2D eigenvalue weighted by molar-refractivity contribution is -0.142. The number of nitrogens with one attached hydrogen (secondary N) is 1. The predicted octanol–water partition coefficient (Wildman–Crippen LogP) is 2.32. The van der Waals surface area contributed by atoms with E-state index >= 15 is 0 Å². The third-order valence-electron chi connectivity index (χ3n) is 3.94. The third-order valence-corrected chi connectivity index (χ3v) is 3.94. The van der Waals surface area contributed by atoms with Gasteiger partial charge < -0.3 is 9.64 Å². The molecule has 1 atom stereocenters. The molecule has 0 radical (unpaired) electrons. The second-order valence-corrected chi connectivity index (χ2v) is 5.55. The quantitative estimate of drug-likeness (QED) is 0.879. The van der Waals surface area contributed by atoms with Gasteiger partial charge in [-0.15, -0.1) is 0 Å². The standard InChI is InChI=1S/C17H19N3O3/c21-16(20-11-5-2-6-12-20)15(13-7-3-1-4-8-13)23-17(22)14-9-10-18-19-14/h1,3-4,7-10,15H,2,5-6,11-12H2,(H,18,19)/t15-/m1/s1. The van der Waals surface area contributed by atoms with Crippen molar-refractivity contribution in [1.29, 1.82) is 0 Å². The highest BCUT2D eigenvalue weighted by molar-refractivity contribution is 5.91. The molecule has 1 amide bonds. The summed E-state index contributed by atoms with van der Waals surface area (Å²) >= 11 is 0. The van der Waals surface area contributed by atoms with Crippen LogP contribution < -0.4 is 0 Å². The number of nitrogens with zero attached hydrogens (tertiary/aromatic N) is 2. The first kappa shape index (κ1) is 15.3. The molecule has 120 valence electrons. The maximum atomic E-state index is 12.8. The van der Waals surface area contributed by atoms with Crippen LogP contribution in [0.25, 0.3) is 0 Å². The van der Waals surface area contributed by atoms with E-state index in [4.69, 9.17) is 4.74 Å². The van der Waals surface area contributed by atoms with Crippen LogP contribution in [0.15, 0.2) is 42.6 Å². The van der Waals surface area contributed by atoms with Crippen molar-refractivity contribution in [1.82, 2.24) is 15.1 Å². The molecule has 1 fully saturated rings. The van der Waals surface area contributed by atoms with Crippen LogP contribution in [0.1, 0.15) is 41.4 Å². The summed E-state index contributed by atoms with van der Waals surface area (Å²) in [6.45, 7) is 1.42. The largest absolute Gasteiger partial charge is 0.443 e. The van der Waals surface area contributed by atoms with Crippen LogP contribution in [0, 0.1) is 0 Å². The summed E-state index contributed by atoms with van der Waals surface area (Å²) in [5.74, 6) is -0.745. The monoisotopic (exact) mass is 313 g/mol. The van der Waals surface area contributed by atoms with Gasteiger partial charge in [0.15, 0.2) is 0 Å². The van der Waals surface area contributed by atoms with Gasteiger partial charge in [0.1, 0.15) is 5.69 Å². The third kappa shape index (κ3) is 3.59. The molecular formula is C17H19N3O3. The molecule has 1 aliphatic rings. The van der Waals surface area contributed by atoms with Crippen molar-refractivity contribution in [3.63, 3.8) is 0 Å². The Morgan fingerprint density at radius 1 is 1.09 bits per heavy atom. The number of H-pyrrole nitrogens is 1. The van der Waals surface area contributed by atoms with Crippen molar-refractivity contribution < 1.29 is 14.3 Å². The van der Waals surface area contributed by atoms with Gasteiger partial charge in [-0.3, -0.25) is 9.89 Å². The van der Waals surface area contributed by atoms with Crippen LogP contribution in [0.4, 0.5) is 0 Å². The fourth-order valence-corrected chi connectivity index (χ4v) is 2.71. The first-order valence-corrected chi connectivity index (χ1v) is 7.80. The van der Waals surface area contributed by atoms with E-state index in [9.17, 15) is 9.59 Å². The molecular weight excluding hydrogens is 294 g/mol. The Hall–Kier alpha value is -2.63. The normalized spacial score (nSPS) is 15.9. The first-order chi connectivity index (χ1) is 11.3.